The first kappa shape index (κ1) is 22.4. The van der Waals surface area contributed by atoms with Crippen LogP contribution in [-0.2, 0) is 16.6 Å². The summed E-state index contributed by atoms with van der Waals surface area (Å²) < 4.78 is 11.3. The predicted molar refractivity (Wildman–Crippen MR) is 131 cm³/mol. The molecule has 7 rings (SSSR count). The highest BCUT2D eigenvalue weighted by atomic mass is 16.6. The number of quaternary nitrogens is 1. The highest BCUT2D eigenvalue weighted by Gasteiger charge is 2.76. The van der Waals surface area contributed by atoms with E-state index >= 15 is 0 Å². The van der Waals surface area contributed by atoms with Gasteiger partial charge in [0, 0.05) is 43.0 Å². The molecule has 1 saturated heterocycles. The van der Waals surface area contributed by atoms with Gasteiger partial charge in [0.1, 0.15) is 17.7 Å². The highest BCUT2D eigenvalue weighted by Crippen LogP contribution is 2.67. The Morgan fingerprint density at radius 2 is 2.11 bits per heavy atom. The number of carbonyl (C=O) groups is 1. The molecule has 2 aliphatic heterocycles. The molecule has 3 heterocycles. The topological polar surface area (TPSA) is 106 Å². The fourth-order valence-corrected chi connectivity index (χ4v) is 7.95. The molecule has 2 bridgehead atoms. The van der Waals surface area contributed by atoms with Gasteiger partial charge in [0.05, 0.1) is 37.1 Å². The number of phenols is 1. The summed E-state index contributed by atoms with van der Waals surface area (Å²) in [7, 11) is 1.77. The van der Waals surface area contributed by atoms with Gasteiger partial charge >= 0.3 is 0 Å². The molecule has 3 unspecified atom stereocenters. The van der Waals surface area contributed by atoms with Gasteiger partial charge in [-0.2, -0.15) is 0 Å². The number of ether oxygens (including phenoxy) is 1. The van der Waals surface area contributed by atoms with Crippen LogP contribution >= 0.6 is 0 Å². The largest absolute Gasteiger partial charge is 0.632 e. The number of hydrogen-bond donors (Lipinski definition) is 2. The van der Waals surface area contributed by atoms with Gasteiger partial charge in [0.15, 0.2) is 11.5 Å². The molecule has 5 aliphatic rings. The van der Waals surface area contributed by atoms with E-state index in [0.717, 1.165) is 29.5 Å². The number of phenolic OH excluding ortho intramolecular Hbond substituents is 1. The Bertz CT molecular complexity index is 1250. The standard InChI is InChI=1S/C28H32N2O6/c1-29(23(32)7-4-18-9-13-35-16-18)20-8-10-28(33)22-14-19-5-6-21(31)25-24(19)27(28,26(20)36-25)11-12-30(22,34)15-17-2-3-17/h4-7,9,13,16-17,20,22,26,31,33H,2-3,8,10-12,14-15H2,1H3/b7-4+/t20?,22-,26?,27+,28-,30?/m1/s1. The summed E-state index contributed by atoms with van der Waals surface area (Å²) in [4.78, 5) is 14.9. The van der Waals surface area contributed by atoms with Gasteiger partial charge in [0.2, 0.25) is 5.91 Å². The molecule has 6 atom stereocenters. The molecular weight excluding hydrogens is 460 g/mol. The maximum Gasteiger partial charge on any atom is 0.246 e. The van der Waals surface area contributed by atoms with Gasteiger partial charge in [-0.15, -0.1) is 0 Å². The van der Waals surface area contributed by atoms with Gasteiger partial charge in [-0.25, -0.2) is 0 Å². The van der Waals surface area contributed by atoms with Crippen LogP contribution in [0.1, 0.15) is 48.8 Å². The highest BCUT2D eigenvalue weighted by molar-refractivity contribution is 5.91. The van der Waals surface area contributed by atoms with Crippen molar-refractivity contribution in [2.75, 3.05) is 20.1 Å². The summed E-state index contributed by atoms with van der Waals surface area (Å²) in [5.74, 6) is 0.758. The van der Waals surface area contributed by atoms with E-state index in [9.17, 15) is 20.2 Å². The Labute approximate surface area is 209 Å². The molecule has 1 spiro atoms. The molecule has 1 amide bonds. The zero-order valence-corrected chi connectivity index (χ0v) is 20.4. The number of aromatic hydroxyl groups is 1. The van der Waals surface area contributed by atoms with Gasteiger partial charge in [-0.3, -0.25) is 4.79 Å². The minimum atomic E-state index is -1.24. The molecule has 2 N–H and O–H groups in total. The molecule has 8 nitrogen and oxygen atoms in total. The summed E-state index contributed by atoms with van der Waals surface area (Å²) in [6, 6.07) is 4.54. The third kappa shape index (κ3) is 2.83. The lowest BCUT2D eigenvalue weighted by molar-refractivity contribution is -0.924. The summed E-state index contributed by atoms with van der Waals surface area (Å²) in [6.07, 6.45) is 9.94. The number of piperidine rings is 1. The SMILES string of the molecule is CN(C(=O)/C=C/c1ccoc1)C1CC[C@@]2(O)[C@H]3Cc4ccc(O)c5c4[C@@]2(CC[N+]3([O-])CC2CC2)C1O5. The zero-order chi connectivity index (χ0) is 24.9. The normalized spacial score (nSPS) is 38.0. The van der Waals surface area contributed by atoms with Crippen LogP contribution in [0.4, 0.5) is 0 Å². The number of aliphatic hydroxyl groups is 1. The summed E-state index contributed by atoms with van der Waals surface area (Å²) in [6.45, 7) is 0.984. The molecule has 8 heteroatoms. The van der Waals surface area contributed by atoms with E-state index in [1.54, 1.807) is 42.7 Å². The predicted octanol–water partition coefficient (Wildman–Crippen LogP) is 3.10. The summed E-state index contributed by atoms with van der Waals surface area (Å²) in [5.41, 5.74) is 0.591. The van der Waals surface area contributed by atoms with Crippen LogP contribution in [0, 0.1) is 11.1 Å². The molecular formula is C28H32N2O6. The molecule has 3 fully saturated rings. The van der Waals surface area contributed by atoms with Crippen molar-refractivity contribution in [2.24, 2.45) is 5.92 Å². The Balaban J connectivity index is 1.30. The molecule has 3 aliphatic carbocycles. The van der Waals surface area contributed by atoms with Gasteiger partial charge < -0.3 is 34.1 Å². The van der Waals surface area contributed by atoms with E-state index < -0.39 is 23.2 Å². The molecule has 1 aromatic heterocycles. The lowest BCUT2D eigenvalue weighted by atomic mass is 9.48. The average molecular weight is 493 g/mol. The van der Waals surface area contributed by atoms with E-state index in [2.05, 4.69) is 0 Å². The second kappa shape index (κ2) is 7.37. The summed E-state index contributed by atoms with van der Waals surface area (Å²) in [5, 5.41) is 37.6. The van der Waals surface area contributed by atoms with Crippen LogP contribution in [0.15, 0.2) is 41.2 Å². The molecule has 2 saturated carbocycles. The molecule has 1 aromatic carbocycles. The fraction of sp³-hybridized carbons (Fsp3) is 0.536. The van der Waals surface area contributed by atoms with Gasteiger partial charge in [0.25, 0.3) is 0 Å². The fourth-order valence-electron chi connectivity index (χ4n) is 7.95. The Hall–Kier alpha value is -2.81. The number of rotatable bonds is 5. The van der Waals surface area contributed by atoms with E-state index in [-0.39, 0.29) is 22.3 Å². The van der Waals surface area contributed by atoms with E-state index in [1.807, 2.05) is 6.07 Å². The number of hydroxylamine groups is 3. The minimum absolute atomic E-state index is 0.0531. The number of benzene rings is 1. The third-order valence-electron chi connectivity index (χ3n) is 9.83. The van der Waals surface area contributed by atoms with Gasteiger partial charge in [-0.05, 0) is 49.5 Å². The monoisotopic (exact) mass is 492 g/mol. The first-order valence-electron chi connectivity index (χ1n) is 13.1. The average Bonchev–Trinajstić information content (AvgIpc) is 3.36. The maximum atomic E-state index is 14.3. The van der Waals surface area contributed by atoms with Crippen molar-refractivity contribution in [3.63, 3.8) is 0 Å². The first-order chi connectivity index (χ1) is 17.3. The van der Waals surface area contributed by atoms with Crippen molar-refractivity contribution in [1.82, 2.24) is 4.90 Å². The lowest BCUT2D eigenvalue weighted by Gasteiger charge is -2.68. The van der Waals surface area contributed by atoms with Crippen LogP contribution in [0.2, 0.25) is 0 Å². The van der Waals surface area contributed by atoms with Crippen LogP contribution < -0.4 is 4.74 Å². The molecule has 0 radical (unpaired) electrons. The second-order valence-electron chi connectivity index (χ2n) is 11.6. The van der Waals surface area contributed by atoms with Gasteiger partial charge in [-0.1, -0.05) is 6.07 Å². The molecule has 190 valence electrons. The Morgan fingerprint density at radius 1 is 1.28 bits per heavy atom. The second-order valence-corrected chi connectivity index (χ2v) is 11.6. The quantitative estimate of drug-likeness (QED) is 0.378. The number of carbonyl (C=O) groups excluding carboxylic acids is 1. The Kier molecular flexibility index (Phi) is 4.58. The smallest absolute Gasteiger partial charge is 0.246 e. The van der Waals surface area contributed by atoms with Crippen LogP contribution in [-0.4, -0.2) is 69.6 Å². The van der Waals surface area contributed by atoms with Crippen molar-refractivity contribution >= 4 is 12.0 Å². The zero-order valence-electron chi connectivity index (χ0n) is 20.4. The van der Waals surface area contributed by atoms with Crippen LogP contribution in [0.5, 0.6) is 11.5 Å². The van der Waals surface area contributed by atoms with Crippen LogP contribution in [0.3, 0.4) is 0 Å². The van der Waals surface area contributed by atoms with Crippen molar-refractivity contribution in [2.45, 2.75) is 67.7 Å². The van der Waals surface area contributed by atoms with Crippen molar-refractivity contribution < 1.29 is 28.8 Å². The molecule has 2 aromatic rings. The number of hydrogen-bond acceptors (Lipinski definition) is 6. The van der Waals surface area contributed by atoms with Crippen molar-refractivity contribution in [3.05, 3.63) is 58.7 Å². The summed E-state index contributed by atoms with van der Waals surface area (Å²) >= 11 is 0. The van der Waals surface area contributed by atoms with Crippen molar-refractivity contribution in [3.8, 4) is 11.5 Å². The number of nitrogens with zero attached hydrogens (tertiary/aromatic N) is 2. The first-order valence-corrected chi connectivity index (χ1v) is 13.1. The number of amides is 1. The number of likely N-dealkylation sites (N-methyl/N-ethyl adjacent to an activating group) is 1. The molecule has 36 heavy (non-hydrogen) atoms. The lowest BCUT2D eigenvalue weighted by Crippen LogP contribution is -2.81. The Morgan fingerprint density at radius 3 is 2.86 bits per heavy atom. The van der Waals surface area contributed by atoms with E-state index in [0.29, 0.717) is 50.4 Å². The third-order valence-corrected chi connectivity index (χ3v) is 9.83. The number of likely N-dealkylation sites (tertiary alicyclic amines) is 1. The maximum absolute atomic E-state index is 14.3. The minimum Gasteiger partial charge on any atom is -0.632 e. The van der Waals surface area contributed by atoms with E-state index in [4.69, 9.17) is 9.15 Å². The number of furan rings is 1. The van der Waals surface area contributed by atoms with E-state index in [1.165, 1.54) is 6.08 Å². The van der Waals surface area contributed by atoms with Crippen LogP contribution in [0.25, 0.3) is 6.08 Å². The van der Waals surface area contributed by atoms with Crippen molar-refractivity contribution in [1.29, 1.82) is 0 Å².